The Balaban J connectivity index is 0.00000161. The van der Waals surface area contributed by atoms with Crippen LogP contribution in [0.25, 0.3) is 0 Å². The predicted octanol–water partition coefficient (Wildman–Crippen LogP) is 2.97. The zero-order valence-electron chi connectivity index (χ0n) is 11.8. The number of hydrogen-bond acceptors (Lipinski definition) is 3. The van der Waals surface area contributed by atoms with Gasteiger partial charge in [0.1, 0.15) is 0 Å². The Hall–Kier alpha value is 0.0964. The van der Waals surface area contributed by atoms with Crippen molar-refractivity contribution in [1.29, 1.82) is 0 Å². The fourth-order valence-corrected chi connectivity index (χ4v) is 5.00. The molecule has 0 aromatic heterocycles. The van der Waals surface area contributed by atoms with Gasteiger partial charge in [-0.2, -0.15) is 0 Å². The third-order valence-corrected chi connectivity index (χ3v) is 6.05. The first kappa shape index (κ1) is 17.5. The van der Waals surface area contributed by atoms with Crippen molar-refractivity contribution in [3.63, 3.8) is 0 Å². The van der Waals surface area contributed by atoms with Crippen molar-refractivity contribution >= 4 is 69.9 Å². The molecule has 1 heterocycles. The van der Waals surface area contributed by atoms with Crippen molar-refractivity contribution in [1.82, 2.24) is 0 Å². The third kappa shape index (κ3) is 3.24. The summed E-state index contributed by atoms with van der Waals surface area (Å²) in [7, 11) is -2.89. The number of benzene rings is 2. The summed E-state index contributed by atoms with van der Waals surface area (Å²) in [4.78, 5) is 12.9. The van der Waals surface area contributed by atoms with Crippen molar-refractivity contribution in [3.8, 4) is 0 Å². The molecule has 1 fully saturated rings. The molecule has 0 radical (unpaired) electrons. The van der Waals surface area contributed by atoms with E-state index in [1.807, 2.05) is 63.2 Å². The van der Waals surface area contributed by atoms with Gasteiger partial charge in [-0.3, -0.25) is 0 Å². The van der Waals surface area contributed by atoms with Gasteiger partial charge < -0.3 is 0 Å². The second-order valence-corrected chi connectivity index (χ2v) is 7.85. The summed E-state index contributed by atoms with van der Waals surface area (Å²) in [6.45, 7) is 5.95. The monoisotopic (exact) mass is 328 g/mol. The molecule has 0 amide bonds. The third-order valence-electron chi connectivity index (χ3n) is 3.61. The van der Waals surface area contributed by atoms with Gasteiger partial charge in [-0.15, -0.1) is 0 Å². The van der Waals surface area contributed by atoms with Crippen LogP contribution in [0, 0.1) is 20.8 Å². The van der Waals surface area contributed by atoms with Crippen molar-refractivity contribution in [2.24, 2.45) is 0 Å². The Morgan fingerprint density at radius 2 is 1.48 bits per heavy atom. The molecule has 0 atom stereocenters. The molecule has 2 aromatic carbocycles. The predicted molar refractivity (Wildman–Crippen MR) is 88.7 cm³/mol. The van der Waals surface area contributed by atoms with Gasteiger partial charge in [-0.1, -0.05) is 0 Å². The first-order valence-electron chi connectivity index (χ1n) is 6.59. The summed E-state index contributed by atoms with van der Waals surface area (Å²) in [6.07, 6.45) is 0. The van der Waals surface area contributed by atoms with Gasteiger partial charge in [-0.25, -0.2) is 0 Å². The summed E-state index contributed by atoms with van der Waals surface area (Å²) in [5.74, 6) is 0. The van der Waals surface area contributed by atoms with Crippen LogP contribution in [0.5, 0.6) is 0 Å². The van der Waals surface area contributed by atoms with Gasteiger partial charge in [0.2, 0.25) is 0 Å². The van der Waals surface area contributed by atoms with Crippen LogP contribution in [0.1, 0.15) is 27.0 Å². The summed E-state index contributed by atoms with van der Waals surface area (Å²) in [6, 6.07) is 13.6. The van der Waals surface area contributed by atoms with E-state index in [1.54, 1.807) is 0 Å². The van der Waals surface area contributed by atoms with Gasteiger partial charge in [0, 0.05) is 0 Å². The van der Waals surface area contributed by atoms with E-state index in [9.17, 15) is 4.79 Å². The Bertz CT molecular complexity index is 658. The van der Waals surface area contributed by atoms with Crippen molar-refractivity contribution in [2.75, 3.05) is 0 Å². The van der Waals surface area contributed by atoms with E-state index in [2.05, 4.69) is 0 Å². The van der Waals surface area contributed by atoms with Crippen LogP contribution >= 0.6 is 7.72 Å². The summed E-state index contributed by atoms with van der Waals surface area (Å²) in [5.41, 5.74) is 3.86. The summed E-state index contributed by atoms with van der Waals surface area (Å²) < 4.78 is 10.5. The van der Waals surface area contributed by atoms with Gasteiger partial charge in [0.25, 0.3) is 0 Å². The van der Waals surface area contributed by atoms with Crippen molar-refractivity contribution in [2.45, 2.75) is 20.8 Å². The number of carbonyl (C=O) groups excluding carboxylic acids is 1. The quantitative estimate of drug-likeness (QED) is 0.376. The van der Waals surface area contributed by atoms with Crippen molar-refractivity contribution in [3.05, 3.63) is 64.7 Å². The van der Waals surface area contributed by atoms with Crippen molar-refractivity contribution < 1.29 is 14.1 Å². The molecule has 106 valence electrons. The van der Waals surface area contributed by atoms with Gasteiger partial charge >= 0.3 is 170 Å². The SMILES string of the molecule is Cc1cc(C)c(C(=O)[PH]2(c3ccccc3)OO2)c(C)c1.[KH]. The first-order chi connectivity index (χ1) is 9.54. The van der Waals surface area contributed by atoms with E-state index < -0.39 is 7.72 Å². The number of rotatable bonds is 3. The van der Waals surface area contributed by atoms with E-state index in [0.29, 0.717) is 0 Å². The van der Waals surface area contributed by atoms with Crippen LogP contribution in [0.4, 0.5) is 0 Å². The number of carbonyl (C=O) groups is 1. The average molecular weight is 328 g/mol. The van der Waals surface area contributed by atoms with E-state index in [1.165, 1.54) is 0 Å². The molecule has 2 aromatic rings. The minimum absolute atomic E-state index is 0. The molecule has 0 N–H and O–H groups in total. The molecule has 5 heteroatoms. The Morgan fingerprint density at radius 3 is 1.95 bits per heavy atom. The van der Waals surface area contributed by atoms with E-state index in [-0.39, 0.29) is 56.9 Å². The van der Waals surface area contributed by atoms with Crippen LogP contribution in [0.2, 0.25) is 0 Å². The second kappa shape index (κ2) is 6.69. The first-order valence-corrected chi connectivity index (χ1v) is 8.41. The van der Waals surface area contributed by atoms with Gasteiger partial charge in [-0.05, 0) is 0 Å². The molecule has 3 rings (SSSR count). The molecule has 21 heavy (non-hydrogen) atoms. The maximum absolute atomic E-state index is 12.9. The molecule has 0 aliphatic carbocycles. The van der Waals surface area contributed by atoms with E-state index >= 15 is 0 Å². The molecule has 1 aliphatic rings. The molecular formula is C16H18KO3P. The zero-order valence-corrected chi connectivity index (χ0v) is 12.8. The Labute approximate surface area is 167 Å². The second-order valence-electron chi connectivity index (χ2n) is 5.25. The average Bonchev–Trinajstić information content (AvgIpc) is 3.20. The van der Waals surface area contributed by atoms with Crippen LogP contribution in [0.15, 0.2) is 42.5 Å². The summed E-state index contributed by atoms with van der Waals surface area (Å²) >= 11 is 0. The molecular weight excluding hydrogens is 310 g/mol. The molecule has 0 unspecified atom stereocenters. The zero-order chi connectivity index (χ0) is 14.3. The normalized spacial score (nSPS) is 16.7. The minimum atomic E-state index is -2.89. The van der Waals surface area contributed by atoms with Gasteiger partial charge in [0.15, 0.2) is 0 Å². The van der Waals surface area contributed by atoms with Crippen LogP contribution in [-0.2, 0) is 9.35 Å². The number of hydrogen-bond donors (Lipinski definition) is 0. The van der Waals surface area contributed by atoms with E-state index in [4.69, 9.17) is 9.35 Å². The Kier molecular flexibility index (Phi) is 5.56. The van der Waals surface area contributed by atoms with Gasteiger partial charge in [0.05, 0.1) is 0 Å². The standard InChI is InChI=1S/C16H17O3P.K.H/c1-11-9-12(2)15(13(3)10-11)16(17)20(18-19-20)14-7-5-4-6-8-14;;/h4-10,20H,1-3H3;;. The fraction of sp³-hybridized carbons (Fsp3) is 0.188. The molecule has 0 spiro atoms. The number of aryl methyl sites for hydroxylation is 3. The molecule has 1 saturated heterocycles. The summed E-state index contributed by atoms with van der Waals surface area (Å²) in [5, 5.41) is 0.865. The fourth-order valence-electron chi connectivity index (χ4n) is 2.70. The van der Waals surface area contributed by atoms with Crippen LogP contribution in [0.3, 0.4) is 0 Å². The van der Waals surface area contributed by atoms with Crippen LogP contribution < -0.4 is 5.30 Å². The van der Waals surface area contributed by atoms with Crippen LogP contribution in [-0.4, -0.2) is 56.9 Å². The topological polar surface area (TPSA) is 42.1 Å². The molecule has 0 bridgehead atoms. The maximum atomic E-state index is 12.9. The molecule has 3 nitrogen and oxygen atoms in total. The molecule has 1 aliphatic heterocycles. The van der Waals surface area contributed by atoms with E-state index in [0.717, 1.165) is 27.6 Å². The molecule has 0 saturated carbocycles. The Morgan fingerprint density at radius 1 is 0.952 bits per heavy atom.